The Kier molecular flexibility index (Phi) is 3.23. The van der Waals surface area contributed by atoms with E-state index in [0.717, 1.165) is 25.3 Å². The molecule has 1 fully saturated rings. The molecule has 1 aromatic carbocycles. The molecule has 0 atom stereocenters. The van der Waals surface area contributed by atoms with Crippen molar-refractivity contribution < 1.29 is 4.74 Å². The van der Waals surface area contributed by atoms with Gasteiger partial charge in [-0.05, 0) is 37.7 Å². The molecule has 1 aromatic rings. The molecule has 3 nitrogen and oxygen atoms in total. The second-order valence-corrected chi connectivity index (χ2v) is 4.15. The summed E-state index contributed by atoms with van der Waals surface area (Å²) in [6.45, 7) is 2.75. The zero-order valence-electron chi connectivity index (χ0n) is 9.15. The molecular weight excluding hydrogens is 188 g/mol. The SMILES string of the molecule is CN1CC(Oc2cccc(CCN)c2)C1. The molecule has 1 saturated heterocycles. The van der Waals surface area contributed by atoms with E-state index in [-0.39, 0.29) is 0 Å². The Labute approximate surface area is 90.8 Å². The molecule has 1 heterocycles. The standard InChI is InChI=1S/C12H18N2O/c1-14-8-12(9-14)15-11-4-2-3-10(7-11)5-6-13/h2-4,7,12H,5-6,8-9,13H2,1H3. The Morgan fingerprint density at radius 1 is 1.47 bits per heavy atom. The van der Waals surface area contributed by atoms with Gasteiger partial charge < -0.3 is 10.5 Å². The zero-order valence-corrected chi connectivity index (χ0v) is 9.15. The number of hydrogen-bond acceptors (Lipinski definition) is 3. The lowest BCUT2D eigenvalue weighted by Gasteiger charge is -2.36. The van der Waals surface area contributed by atoms with E-state index in [1.54, 1.807) is 0 Å². The minimum absolute atomic E-state index is 0.364. The third-order valence-corrected chi connectivity index (χ3v) is 2.66. The Hall–Kier alpha value is -1.06. The quantitative estimate of drug-likeness (QED) is 0.795. The molecule has 2 rings (SSSR count). The van der Waals surface area contributed by atoms with E-state index in [0.29, 0.717) is 12.6 Å². The first-order chi connectivity index (χ1) is 7.28. The van der Waals surface area contributed by atoms with Gasteiger partial charge in [0.2, 0.25) is 0 Å². The van der Waals surface area contributed by atoms with E-state index in [9.17, 15) is 0 Å². The maximum absolute atomic E-state index is 5.83. The van der Waals surface area contributed by atoms with Crippen LogP contribution < -0.4 is 10.5 Å². The zero-order chi connectivity index (χ0) is 10.7. The van der Waals surface area contributed by atoms with Gasteiger partial charge in [0, 0.05) is 13.1 Å². The molecule has 0 radical (unpaired) electrons. The van der Waals surface area contributed by atoms with Gasteiger partial charge in [-0.2, -0.15) is 0 Å². The van der Waals surface area contributed by atoms with Crippen LogP contribution in [0.3, 0.4) is 0 Å². The first-order valence-corrected chi connectivity index (χ1v) is 5.42. The Balaban J connectivity index is 1.93. The average Bonchev–Trinajstić information content (AvgIpc) is 2.17. The first-order valence-electron chi connectivity index (χ1n) is 5.42. The molecule has 0 unspecified atom stereocenters. The monoisotopic (exact) mass is 206 g/mol. The summed E-state index contributed by atoms with van der Waals surface area (Å²) >= 11 is 0. The predicted molar refractivity (Wildman–Crippen MR) is 61.1 cm³/mol. The molecule has 0 amide bonds. The summed E-state index contributed by atoms with van der Waals surface area (Å²) < 4.78 is 5.83. The number of hydrogen-bond donors (Lipinski definition) is 1. The van der Waals surface area contributed by atoms with Crippen LogP contribution in [0.1, 0.15) is 5.56 Å². The predicted octanol–water partition coefficient (Wildman–Crippen LogP) is 0.881. The summed E-state index contributed by atoms with van der Waals surface area (Å²) in [5.74, 6) is 0.971. The summed E-state index contributed by atoms with van der Waals surface area (Å²) in [7, 11) is 2.10. The highest BCUT2D eigenvalue weighted by atomic mass is 16.5. The van der Waals surface area contributed by atoms with Crippen LogP contribution in [0.4, 0.5) is 0 Å². The maximum atomic E-state index is 5.83. The molecule has 0 saturated carbocycles. The fraction of sp³-hybridized carbons (Fsp3) is 0.500. The molecule has 82 valence electrons. The number of likely N-dealkylation sites (N-methyl/N-ethyl adjacent to an activating group) is 1. The van der Waals surface area contributed by atoms with Crippen LogP contribution >= 0.6 is 0 Å². The molecule has 0 spiro atoms. The number of ether oxygens (including phenoxy) is 1. The van der Waals surface area contributed by atoms with Gasteiger partial charge >= 0.3 is 0 Å². The highest BCUT2D eigenvalue weighted by Gasteiger charge is 2.24. The summed E-state index contributed by atoms with van der Waals surface area (Å²) in [6, 6.07) is 8.22. The summed E-state index contributed by atoms with van der Waals surface area (Å²) in [6.07, 6.45) is 1.28. The van der Waals surface area contributed by atoms with E-state index < -0.39 is 0 Å². The normalized spacial score (nSPS) is 17.5. The number of nitrogens with zero attached hydrogens (tertiary/aromatic N) is 1. The van der Waals surface area contributed by atoms with Gasteiger partial charge in [-0.25, -0.2) is 0 Å². The fourth-order valence-corrected chi connectivity index (χ4v) is 1.85. The number of nitrogens with two attached hydrogens (primary N) is 1. The van der Waals surface area contributed by atoms with Crippen LogP contribution in [0.15, 0.2) is 24.3 Å². The van der Waals surface area contributed by atoms with Crippen LogP contribution in [0.5, 0.6) is 5.75 Å². The molecular formula is C12H18N2O. The molecule has 1 aliphatic heterocycles. The Morgan fingerprint density at radius 2 is 2.27 bits per heavy atom. The minimum atomic E-state index is 0.364. The molecule has 2 N–H and O–H groups in total. The van der Waals surface area contributed by atoms with Crippen LogP contribution in [0.2, 0.25) is 0 Å². The van der Waals surface area contributed by atoms with Crippen molar-refractivity contribution in [1.82, 2.24) is 4.90 Å². The number of benzene rings is 1. The largest absolute Gasteiger partial charge is 0.488 e. The highest BCUT2D eigenvalue weighted by Crippen LogP contribution is 2.18. The molecule has 0 aromatic heterocycles. The van der Waals surface area contributed by atoms with E-state index in [2.05, 4.69) is 24.1 Å². The van der Waals surface area contributed by atoms with Crippen molar-refractivity contribution in [1.29, 1.82) is 0 Å². The summed E-state index contributed by atoms with van der Waals surface area (Å²) in [5.41, 5.74) is 6.77. The van der Waals surface area contributed by atoms with Gasteiger partial charge in [0.1, 0.15) is 11.9 Å². The van der Waals surface area contributed by atoms with Crippen molar-refractivity contribution >= 4 is 0 Å². The van der Waals surface area contributed by atoms with E-state index in [1.807, 2.05) is 12.1 Å². The first kappa shape index (κ1) is 10.5. The highest BCUT2D eigenvalue weighted by molar-refractivity contribution is 5.29. The van der Waals surface area contributed by atoms with Crippen LogP contribution in [0, 0.1) is 0 Å². The molecule has 0 aliphatic carbocycles. The van der Waals surface area contributed by atoms with Crippen LogP contribution in [-0.4, -0.2) is 37.7 Å². The number of likely N-dealkylation sites (tertiary alicyclic amines) is 1. The van der Waals surface area contributed by atoms with Gasteiger partial charge in [-0.15, -0.1) is 0 Å². The summed E-state index contributed by atoms with van der Waals surface area (Å²) in [5, 5.41) is 0. The molecule has 1 aliphatic rings. The third kappa shape index (κ3) is 2.70. The molecule has 0 bridgehead atoms. The van der Waals surface area contributed by atoms with Crippen molar-refractivity contribution in [2.24, 2.45) is 5.73 Å². The lowest BCUT2D eigenvalue weighted by atomic mass is 10.1. The van der Waals surface area contributed by atoms with Crippen molar-refractivity contribution in [3.8, 4) is 5.75 Å². The maximum Gasteiger partial charge on any atom is 0.124 e. The molecule has 3 heteroatoms. The van der Waals surface area contributed by atoms with Gasteiger partial charge in [-0.3, -0.25) is 4.90 Å². The van der Waals surface area contributed by atoms with Crippen molar-refractivity contribution in [3.05, 3.63) is 29.8 Å². The Morgan fingerprint density at radius 3 is 2.93 bits per heavy atom. The molecule has 15 heavy (non-hydrogen) atoms. The van der Waals surface area contributed by atoms with Crippen molar-refractivity contribution in [2.45, 2.75) is 12.5 Å². The lowest BCUT2D eigenvalue weighted by molar-refractivity contribution is 0.0388. The van der Waals surface area contributed by atoms with Crippen molar-refractivity contribution in [3.63, 3.8) is 0 Å². The second-order valence-electron chi connectivity index (χ2n) is 4.15. The Bertz CT molecular complexity index is 321. The average molecular weight is 206 g/mol. The number of rotatable bonds is 4. The third-order valence-electron chi connectivity index (χ3n) is 2.66. The van der Waals surface area contributed by atoms with Crippen molar-refractivity contribution in [2.75, 3.05) is 26.7 Å². The smallest absolute Gasteiger partial charge is 0.124 e. The van der Waals surface area contributed by atoms with Crippen LogP contribution in [-0.2, 0) is 6.42 Å². The van der Waals surface area contributed by atoms with Gasteiger partial charge in [0.25, 0.3) is 0 Å². The van der Waals surface area contributed by atoms with Gasteiger partial charge in [0.15, 0.2) is 0 Å². The lowest BCUT2D eigenvalue weighted by Crippen LogP contribution is -2.51. The fourth-order valence-electron chi connectivity index (χ4n) is 1.85. The van der Waals surface area contributed by atoms with Gasteiger partial charge in [-0.1, -0.05) is 12.1 Å². The van der Waals surface area contributed by atoms with E-state index >= 15 is 0 Å². The summed E-state index contributed by atoms with van der Waals surface area (Å²) in [4.78, 5) is 2.24. The van der Waals surface area contributed by atoms with E-state index in [4.69, 9.17) is 10.5 Å². The minimum Gasteiger partial charge on any atom is -0.488 e. The van der Waals surface area contributed by atoms with Gasteiger partial charge in [0.05, 0.1) is 0 Å². The second kappa shape index (κ2) is 4.64. The van der Waals surface area contributed by atoms with E-state index in [1.165, 1.54) is 5.56 Å². The van der Waals surface area contributed by atoms with Crippen LogP contribution in [0.25, 0.3) is 0 Å². The topological polar surface area (TPSA) is 38.5 Å².